The van der Waals surface area contributed by atoms with E-state index in [1.54, 1.807) is 0 Å². The summed E-state index contributed by atoms with van der Waals surface area (Å²) in [6.45, 7) is 4.45. The summed E-state index contributed by atoms with van der Waals surface area (Å²) in [5, 5.41) is 2.95. The minimum atomic E-state index is -0.167. The first kappa shape index (κ1) is 16.0. The summed E-state index contributed by atoms with van der Waals surface area (Å²) < 4.78 is 13.4. The molecule has 1 N–H and O–H groups in total. The molecule has 1 aliphatic rings. The van der Waals surface area contributed by atoms with Crippen LogP contribution in [0.2, 0.25) is 0 Å². The van der Waals surface area contributed by atoms with Crippen LogP contribution in [0.15, 0.2) is 34.9 Å². The summed E-state index contributed by atoms with van der Waals surface area (Å²) in [5.74, 6) is 1.27. The number of rotatable bonds is 3. The molecule has 0 fully saturated rings. The Kier molecular flexibility index (Phi) is 3.88. The van der Waals surface area contributed by atoms with Crippen molar-refractivity contribution in [2.24, 2.45) is 0 Å². The molecule has 0 radical (unpaired) electrons. The van der Waals surface area contributed by atoms with E-state index in [-0.39, 0.29) is 12.7 Å². The van der Waals surface area contributed by atoms with E-state index in [1.807, 2.05) is 48.7 Å². The summed E-state index contributed by atoms with van der Waals surface area (Å²) in [6, 6.07) is 7.63. The molecule has 6 nitrogen and oxygen atoms in total. The fourth-order valence-electron chi connectivity index (χ4n) is 2.97. The molecule has 4 rings (SSSR count). The molecule has 1 aromatic carbocycles. The van der Waals surface area contributed by atoms with Crippen LogP contribution >= 0.6 is 15.9 Å². The second-order valence-electron chi connectivity index (χ2n) is 5.95. The summed E-state index contributed by atoms with van der Waals surface area (Å²) in [6.07, 6.45) is 1.86. The van der Waals surface area contributed by atoms with E-state index in [4.69, 9.17) is 9.47 Å². The highest BCUT2D eigenvalue weighted by Gasteiger charge is 2.18. The Morgan fingerprint density at radius 2 is 2.08 bits per heavy atom. The summed E-state index contributed by atoms with van der Waals surface area (Å²) >= 11 is 3.47. The molecule has 7 heteroatoms. The fraction of sp³-hybridized carbons (Fsp3) is 0.222. The van der Waals surface area contributed by atoms with Crippen molar-refractivity contribution in [3.8, 4) is 11.5 Å². The van der Waals surface area contributed by atoms with Gasteiger partial charge < -0.3 is 14.8 Å². The molecule has 3 heterocycles. The number of aromatic nitrogens is 2. The lowest BCUT2D eigenvalue weighted by molar-refractivity contribution is 0.0944. The number of benzene rings is 1. The Morgan fingerprint density at radius 1 is 1.28 bits per heavy atom. The van der Waals surface area contributed by atoms with Gasteiger partial charge >= 0.3 is 0 Å². The topological polar surface area (TPSA) is 64.9 Å². The van der Waals surface area contributed by atoms with Crippen molar-refractivity contribution in [1.29, 1.82) is 0 Å². The van der Waals surface area contributed by atoms with E-state index in [1.165, 1.54) is 0 Å². The average molecular weight is 402 g/mol. The third kappa shape index (κ3) is 2.84. The number of hydrogen-bond acceptors (Lipinski definition) is 4. The zero-order valence-corrected chi connectivity index (χ0v) is 15.4. The van der Waals surface area contributed by atoms with Crippen LogP contribution in [-0.2, 0) is 6.54 Å². The second-order valence-corrected chi connectivity index (χ2v) is 6.87. The number of carbonyl (C=O) groups excluding carboxylic acids is 1. The van der Waals surface area contributed by atoms with Gasteiger partial charge in [0.05, 0.1) is 5.69 Å². The second kappa shape index (κ2) is 6.07. The highest BCUT2D eigenvalue weighted by atomic mass is 79.9. The van der Waals surface area contributed by atoms with Gasteiger partial charge in [0.15, 0.2) is 11.5 Å². The Bertz CT molecular complexity index is 997. The molecule has 0 spiro atoms. The number of imidazole rings is 1. The Balaban J connectivity index is 1.59. The SMILES string of the molecule is Cc1nc2c(C)cc(Br)cn2c1C(=O)NCc1ccc2c(c1)OCO2. The first-order chi connectivity index (χ1) is 12.0. The molecule has 1 amide bonds. The maximum atomic E-state index is 12.7. The smallest absolute Gasteiger partial charge is 0.270 e. The van der Waals surface area contributed by atoms with Crippen LogP contribution in [0.4, 0.5) is 0 Å². The van der Waals surface area contributed by atoms with Gasteiger partial charge in [0, 0.05) is 17.2 Å². The molecule has 0 bridgehead atoms. The molecule has 128 valence electrons. The van der Waals surface area contributed by atoms with Gasteiger partial charge in [0.25, 0.3) is 5.91 Å². The Hall–Kier alpha value is -2.54. The largest absolute Gasteiger partial charge is 0.454 e. The van der Waals surface area contributed by atoms with E-state index in [2.05, 4.69) is 26.2 Å². The number of amides is 1. The number of carbonyl (C=O) groups is 1. The molecule has 0 saturated carbocycles. The van der Waals surface area contributed by atoms with E-state index in [0.29, 0.717) is 23.7 Å². The quantitative estimate of drug-likeness (QED) is 0.730. The van der Waals surface area contributed by atoms with Gasteiger partial charge in [0.1, 0.15) is 11.3 Å². The summed E-state index contributed by atoms with van der Waals surface area (Å²) in [5.41, 5.74) is 3.98. The highest BCUT2D eigenvalue weighted by Crippen LogP contribution is 2.32. The molecule has 2 aromatic heterocycles. The first-order valence-electron chi connectivity index (χ1n) is 7.84. The standard InChI is InChI=1S/C18H16BrN3O3/c1-10-5-13(19)8-22-16(11(2)21-17(10)22)18(23)20-7-12-3-4-14-15(6-12)25-9-24-14/h3-6,8H,7,9H2,1-2H3,(H,20,23). The number of nitrogens with zero attached hydrogens (tertiary/aromatic N) is 2. The number of pyridine rings is 1. The van der Waals surface area contributed by atoms with Crippen molar-refractivity contribution in [3.63, 3.8) is 0 Å². The van der Waals surface area contributed by atoms with Gasteiger partial charge in [-0.05, 0) is 59.1 Å². The lowest BCUT2D eigenvalue weighted by Gasteiger charge is -2.08. The highest BCUT2D eigenvalue weighted by molar-refractivity contribution is 9.10. The van der Waals surface area contributed by atoms with E-state index < -0.39 is 0 Å². The monoisotopic (exact) mass is 401 g/mol. The summed E-state index contributed by atoms with van der Waals surface area (Å²) in [7, 11) is 0. The van der Waals surface area contributed by atoms with Crippen LogP contribution < -0.4 is 14.8 Å². The van der Waals surface area contributed by atoms with E-state index in [0.717, 1.165) is 27.0 Å². The van der Waals surface area contributed by atoms with Gasteiger partial charge in [-0.25, -0.2) is 4.98 Å². The predicted octanol–water partition coefficient (Wildman–Crippen LogP) is 3.37. The molecule has 25 heavy (non-hydrogen) atoms. The molecule has 0 saturated heterocycles. The van der Waals surface area contributed by atoms with Gasteiger partial charge in [0.2, 0.25) is 6.79 Å². The normalized spacial score (nSPS) is 12.6. The Morgan fingerprint density at radius 3 is 2.92 bits per heavy atom. The summed E-state index contributed by atoms with van der Waals surface area (Å²) in [4.78, 5) is 17.2. The molecule has 1 aliphatic heterocycles. The molecular weight excluding hydrogens is 386 g/mol. The van der Waals surface area contributed by atoms with Crippen molar-refractivity contribution in [1.82, 2.24) is 14.7 Å². The number of fused-ring (bicyclic) bond motifs is 2. The van der Waals surface area contributed by atoms with Crippen LogP contribution in [-0.4, -0.2) is 22.1 Å². The van der Waals surface area contributed by atoms with E-state index in [9.17, 15) is 4.79 Å². The van der Waals surface area contributed by atoms with Gasteiger partial charge in [-0.1, -0.05) is 6.07 Å². The molecule has 0 unspecified atom stereocenters. The van der Waals surface area contributed by atoms with Crippen molar-refractivity contribution >= 4 is 27.5 Å². The van der Waals surface area contributed by atoms with Crippen LogP contribution in [0, 0.1) is 13.8 Å². The zero-order chi connectivity index (χ0) is 17.6. The van der Waals surface area contributed by atoms with Crippen molar-refractivity contribution in [2.75, 3.05) is 6.79 Å². The maximum Gasteiger partial charge on any atom is 0.270 e. The van der Waals surface area contributed by atoms with Crippen molar-refractivity contribution in [2.45, 2.75) is 20.4 Å². The minimum Gasteiger partial charge on any atom is -0.454 e. The number of nitrogens with one attached hydrogen (secondary N) is 1. The predicted molar refractivity (Wildman–Crippen MR) is 96.1 cm³/mol. The molecular formula is C18H16BrN3O3. The van der Waals surface area contributed by atoms with Crippen molar-refractivity contribution < 1.29 is 14.3 Å². The molecule has 0 atom stereocenters. The molecule has 0 aliphatic carbocycles. The average Bonchev–Trinajstić information content (AvgIpc) is 3.16. The van der Waals surface area contributed by atoms with Gasteiger partial charge in [-0.2, -0.15) is 0 Å². The van der Waals surface area contributed by atoms with Crippen LogP contribution in [0.1, 0.15) is 27.3 Å². The van der Waals surface area contributed by atoms with E-state index >= 15 is 0 Å². The van der Waals surface area contributed by atoms with Crippen LogP contribution in [0.25, 0.3) is 5.65 Å². The first-order valence-corrected chi connectivity index (χ1v) is 8.64. The number of hydrogen-bond donors (Lipinski definition) is 1. The van der Waals surface area contributed by atoms with Gasteiger partial charge in [-0.3, -0.25) is 9.20 Å². The van der Waals surface area contributed by atoms with Crippen LogP contribution in [0.5, 0.6) is 11.5 Å². The number of ether oxygens (including phenoxy) is 2. The zero-order valence-electron chi connectivity index (χ0n) is 13.8. The lowest BCUT2D eigenvalue weighted by atomic mass is 10.2. The van der Waals surface area contributed by atoms with Crippen LogP contribution in [0.3, 0.4) is 0 Å². The van der Waals surface area contributed by atoms with Crippen molar-refractivity contribution in [3.05, 3.63) is 57.4 Å². The third-order valence-corrected chi connectivity index (χ3v) is 4.58. The third-order valence-electron chi connectivity index (χ3n) is 4.15. The van der Waals surface area contributed by atoms with Gasteiger partial charge in [-0.15, -0.1) is 0 Å². The number of aryl methyl sites for hydroxylation is 2. The number of halogens is 1. The minimum absolute atomic E-state index is 0.167. The molecule has 3 aromatic rings. The lowest BCUT2D eigenvalue weighted by Crippen LogP contribution is -2.25. The maximum absolute atomic E-state index is 12.7. The fourth-order valence-corrected chi connectivity index (χ4v) is 3.52. The Labute approximate surface area is 152 Å².